The van der Waals surface area contributed by atoms with E-state index in [1.807, 2.05) is 25.1 Å². The van der Waals surface area contributed by atoms with Crippen LogP contribution in [0, 0.1) is 0 Å². The second-order valence-electron chi connectivity index (χ2n) is 5.00. The van der Waals surface area contributed by atoms with Crippen molar-refractivity contribution in [3.8, 4) is 0 Å². The summed E-state index contributed by atoms with van der Waals surface area (Å²) in [6.07, 6.45) is 1.79. The van der Waals surface area contributed by atoms with Gasteiger partial charge in [0.05, 0.1) is 17.2 Å². The summed E-state index contributed by atoms with van der Waals surface area (Å²) in [5, 5.41) is 3.34. The third-order valence-corrected chi connectivity index (χ3v) is 5.21. The van der Waals surface area contributed by atoms with E-state index in [2.05, 4.69) is 15.2 Å². The molecule has 2 heterocycles. The zero-order valence-corrected chi connectivity index (χ0v) is 12.1. The lowest BCUT2D eigenvalue weighted by atomic mass is 10.3. The highest BCUT2D eigenvalue weighted by atomic mass is 32.2. The van der Waals surface area contributed by atoms with Crippen LogP contribution in [-0.2, 0) is 16.4 Å². The Bertz CT molecular complexity index is 490. The van der Waals surface area contributed by atoms with Crippen LogP contribution in [0.2, 0.25) is 0 Å². The molecule has 1 aromatic rings. The highest BCUT2D eigenvalue weighted by Crippen LogP contribution is 2.10. The van der Waals surface area contributed by atoms with Crippen molar-refractivity contribution in [3.63, 3.8) is 0 Å². The summed E-state index contributed by atoms with van der Waals surface area (Å²) in [7, 11) is -2.81. The van der Waals surface area contributed by atoms with Crippen molar-refractivity contribution in [2.45, 2.75) is 19.5 Å². The molecule has 1 aliphatic heterocycles. The molecule has 0 bridgehead atoms. The number of nitrogens with zero attached hydrogens (tertiary/aromatic N) is 2. The van der Waals surface area contributed by atoms with Crippen molar-refractivity contribution in [3.05, 3.63) is 30.1 Å². The smallest absolute Gasteiger partial charge is 0.153 e. The molecule has 1 fully saturated rings. The average molecular weight is 283 g/mol. The second kappa shape index (κ2) is 6.45. The van der Waals surface area contributed by atoms with Gasteiger partial charge in [-0.2, -0.15) is 0 Å². The fraction of sp³-hybridized carbons (Fsp3) is 0.615. The van der Waals surface area contributed by atoms with E-state index in [9.17, 15) is 8.42 Å². The van der Waals surface area contributed by atoms with E-state index in [-0.39, 0.29) is 17.5 Å². The summed E-state index contributed by atoms with van der Waals surface area (Å²) in [5.74, 6) is 0.574. The first-order valence-electron chi connectivity index (χ1n) is 6.62. The van der Waals surface area contributed by atoms with Crippen LogP contribution in [0.5, 0.6) is 0 Å². The van der Waals surface area contributed by atoms with Crippen molar-refractivity contribution in [2.75, 3.05) is 31.1 Å². The average Bonchev–Trinajstić information content (AvgIpc) is 2.37. The summed E-state index contributed by atoms with van der Waals surface area (Å²) in [5.41, 5.74) is 1.02. The fourth-order valence-electron chi connectivity index (χ4n) is 2.31. The van der Waals surface area contributed by atoms with Gasteiger partial charge in [0.25, 0.3) is 0 Å². The summed E-state index contributed by atoms with van der Waals surface area (Å²) >= 11 is 0. The molecular weight excluding hydrogens is 262 g/mol. The van der Waals surface area contributed by atoms with E-state index in [0.29, 0.717) is 6.54 Å². The van der Waals surface area contributed by atoms with E-state index >= 15 is 0 Å². The number of aromatic nitrogens is 1. The van der Waals surface area contributed by atoms with Gasteiger partial charge >= 0.3 is 0 Å². The Morgan fingerprint density at radius 2 is 2.32 bits per heavy atom. The third kappa shape index (κ3) is 4.56. The maximum absolute atomic E-state index is 11.5. The van der Waals surface area contributed by atoms with Crippen LogP contribution in [0.3, 0.4) is 0 Å². The lowest BCUT2D eigenvalue weighted by Crippen LogP contribution is -2.48. The normalized spacial score (nSPS) is 23.3. The van der Waals surface area contributed by atoms with E-state index in [1.54, 1.807) is 6.20 Å². The minimum absolute atomic E-state index is 0.121. The number of hydrogen-bond donors (Lipinski definition) is 1. The standard InChI is InChI=1S/C13H21N3O2S/c1-12-11-19(17,18)9-8-16(12)7-6-14-10-13-4-2-3-5-15-13/h2-5,12,14H,6-11H2,1H3. The molecule has 0 aliphatic carbocycles. The van der Waals surface area contributed by atoms with Gasteiger partial charge in [-0.15, -0.1) is 0 Å². The Kier molecular flexibility index (Phi) is 4.90. The van der Waals surface area contributed by atoms with Crippen molar-refractivity contribution < 1.29 is 8.42 Å². The monoisotopic (exact) mass is 283 g/mol. The summed E-state index contributed by atoms with van der Waals surface area (Å²) in [6.45, 7) is 5.11. The quantitative estimate of drug-likeness (QED) is 0.787. The molecule has 106 valence electrons. The Hall–Kier alpha value is -0.980. The molecule has 1 aromatic heterocycles. The lowest BCUT2D eigenvalue weighted by Gasteiger charge is -2.33. The summed E-state index contributed by atoms with van der Waals surface area (Å²) in [6, 6.07) is 5.99. The Labute approximate surface area is 114 Å². The van der Waals surface area contributed by atoms with Crippen LogP contribution in [0.15, 0.2) is 24.4 Å². The molecule has 19 heavy (non-hydrogen) atoms. The zero-order valence-electron chi connectivity index (χ0n) is 11.2. The van der Waals surface area contributed by atoms with Crippen LogP contribution in [0.4, 0.5) is 0 Å². The van der Waals surface area contributed by atoms with Gasteiger partial charge in [-0.05, 0) is 19.1 Å². The first-order valence-corrected chi connectivity index (χ1v) is 8.44. The Morgan fingerprint density at radius 1 is 1.47 bits per heavy atom. The van der Waals surface area contributed by atoms with Crippen molar-refractivity contribution in [1.82, 2.24) is 15.2 Å². The van der Waals surface area contributed by atoms with Gasteiger partial charge in [0.15, 0.2) is 9.84 Å². The highest BCUT2D eigenvalue weighted by Gasteiger charge is 2.27. The fourth-order valence-corrected chi connectivity index (χ4v) is 3.93. The first kappa shape index (κ1) is 14.4. The van der Waals surface area contributed by atoms with Gasteiger partial charge < -0.3 is 5.32 Å². The molecule has 5 nitrogen and oxygen atoms in total. The van der Waals surface area contributed by atoms with Crippen LogP contribution in [-0.4, -0.2) is 55.5 Å². The molecule has 1 unspecified atom stereocenters. The molecule has 0 aromatic carbocycles. The van der Waals surface area contributed by atoms with Crippen molar-refractivity contribution in [1.29, 1.82) is 0 Å². The molecule has 0 spiro atoms. The molecule has 1 saturated heterocycles. The lowest BCUT2D eigenvalue weighted by molar-refractivity contribution is 0.227. The Morgan fingerprint density at radius 3 is 3.00 bits per heavy atom. The van der Waals surface area contributed by atoms with Gasteiger partial charge in [0, 0.05) is 38.4 Å². The van der Waals surface area contributed by atoms with Crippen molar-refractivity contribution >= 4 is 9.84 Å². The van der Waals surface area contributed by atoms with Crippen LogP contribution < -0.4 is 5.32 Å². The van der Waals surface area contributed by atoms with E-state index in [4.69, 9.17) is 0 Å². The molecule has 2 rings (SSSR count). The van der Waals surface area contributed by atoms with E-state index in [1.165, 1.54) is 0 Å². The van der Waals surface area contributed by atoms with Crippen LogP contribution in [0.1, 0.15) is 12.6 Å². The molecular formula is C13H21N3O2S. The van der Waals surface area contributed by atoms with Crippen LogP contribution in [0.25, 0.3) is 0 Å². The van der Waals surface area contributed by atoms with Gasteiger partial charge in [0.2, 0.25) is 0 Å². The summed E-state index contributed by atoms with van der Waals surface area (Å²) in [4.78, 5) is 6.47. The Balaban J connectivity index is 1.69. The maximum atomic E-state index is 11.5. The van der Waals surface area contributed by atoms with Crippen LogP contribution >= 0.6 is 0 Å². The number of nitrogens with one attached hydrogen (secondary N) is 1. The maximum Gasteiger partial charge on any atom is 0.153 e. The van der Waals surface area contributed by atoms with E-state index in [0.717, 1.165) is 25.3 Å². The molecule has 1 aliphatic rings. The predicted molar refractivity (Wildman–Crippen MR) is 75.6 cm³/mol. The molecule has 1 atom stereocenters. The zero-order chi connectivity index (χ0) is 13.7. The number of sulfone groups is 1. The third-order valence-electron chi connectivity index (χ3n) is 3.42. The van der Waals surface area contributed by atoms with Gasteiger partial charge in [0.1, 0.15) is 0 Å². The number of pyridine rings is 1. The second-order valence-corrected chi connectivity index (χ2v) is 7.23. The minimum atomic E-state index is -2.81. The highest BCUT2D eigenvalue weighted by molar-refractivity contribution is 7.91. The molecule has 6 heteroatoms. The molecule has 0 saturated carbocycles. The van der Waals surface area contributed by atoms with Gasteiger partial charge in [-0.3, -0.25) is 9.88 Å². The topological polar surface area (TPSA) is 62.3 Å². The number of rotatable bonds is 5. The largest absolute Gasteiger partial charge is 0.310 e. The predicted octanol–water partition coefficient (Wildman–Crippen LogP) is 0.290. The molecule has 0 radical (unpaired) electrons. The minimum Gasteiger partial charge on any atom is -0.310 e. The molecule has 0 amide bonds. The van der Waals surface area contributed by atoms with Gasteiger partial charge in [-0.25, -0.2) is 8.42 Å². The SMILES string of the molecule is CC1CS(=O)(=O)CCN1CCNCc1ccccn1. The number of hydrogen-bond acceptors (Lipinski definition) is 5. The van der Waals surface area contributed by atoms with E-state index < -0.39 is 9.84 Å². The molecule has 1 N–H and O–H groups in total. The first-order chi connectivity index (χ1) is 9.07. The summed E-state index contributed by atoms with van der Waals surface area (Å²) < 4.78 is 22.9. The van der Waals surface area contributed by atoms with Crippen molar-refractivity contribution in [2.24, 2.45) is 0 Å². The van der Waals surface area contributed by atoms with Gasteiger partial charge in [-0.1, -0.05) is 6.07 Å².